The second-order valence-electron chi connectivity index (χ2n) is 5.96. The summed E-state index contributed by atoms with van der Waals surface area (Å²) in [7, 11) is 0. The van der Waals surface area contributed by atoms with Crippen molar-refractivity contribution >= 4 is 6.09 Å². The van der Waals surface area contributed by atoms with E-state index < -0.39 is 29.9 Å². The van der Waals surface area contributed by atoms with Gasteiger partial charge in [-0.2, -0.15) is 0 Å². The van der Waals surface area contributed by atoms with Crippen LogP contribution in [0.1, 0.15) is 23.3 Å². The normalized spacial score (nSPS) is 19.1. The van der Waals surface area contributed by atoms with Crippen molar-refractivity contribution in [3.8, 4) is 11.1 Å². The first kappa shape index (κ1) is 16.2. The Bertz CT molecular complexity index is 963. The molecule has 1 aliphatic rings. The molecule has 0 saturated carbocycles. The zero-order chi connectivity index (χ0) is 18.1. The molecule has 1 aromatic heterocycles. The fourth-order valence-electron chi connectivity index (χ4n) is 3.08. The summed E-state index contributed by atoms with van der Waals surface area (Å²) in [6.07, 6.45) is 1.62. The quantitative estimate of drug-likeness (QED) is 0.752. The number of nitrogens with one attached hydrogen (secondary N) is 1. The molecule has 1 amide bonds. The number of ether oxygens (including phenoxy) is 1. The average molecular weight is 352 g/mol. The molecule has 0 unspecified atom stereocenters. The number of halogens is 2. The van der Waals surface area contributed by atoms with E-state index in [1.807, 2.05) is 36.4 Å². The van der Waals surface area contributed by atoms with Crippen LogP contribution < -0.4 is 5.32 Å². The minimum Gasteiger partial charge on any atom is -0.439 e. The van der Waals surface area contributed by atoms with E-state index in [-0.39, 0.29) is 5.56 Å². The van der Waals surface area contributed by atoms with E-state index in [1.54, 1.807) is 12.4 Å². The Balaban J connectivity index is 1.74. The number of hydrogen-bond acceptors (Lipinski definition) is 3. The number of aromatic nitrogens is 1. The van der Waals surface area contributed by atoms with Gasteiger partial charge < -0.3 is 10.1 Å². The highest BCUT2D eigenvalue weighted by Gasteiger charge is 2.38. The van der Waals surface area contributed by atoms with Gasteiger partial charge in [-0.15, -0.1) is 0 Å². The summed E-state index contributed by atoms with van der Waals surface area (Å²) in [5.41, 5.74) is 2.44. The van der Waals surface area contributed by atoms with Crippen LogP contribution in [0.15, 0.2) is 67.0 Å². The number of nitrogens with zero attached hydrogens (tertiary/aromatic N) is 1. The van der Waals surface area contributed by atoms with Gasteiger partial charge in [0, 0.05) is 23.5 Å². The maximum Gasteiger partial charge on any atom is 0.408 e. The predicted octanol–water partition coefficient (Wildman–Crippen LogP) is 4.55. The highest BCUT2D eigenvalue weighted by Crippen LogP contribution is 2.38. The van der Waals surface area contributed by atoms with Gasteiger partial charge in [0.05, 0.1) is 0 Å². The van der Waals surface area contributed by atoms with Crippen LogP contribution in [0, 0.1) is 11.6 Å². The smallest absolute Gasteiger partial charge is 0.408 e. The van der Waals surface area contributed by atoms with Crippen LogP contribution >= 0.6 is 0 Å². The van der Waals surface area contributed by atoms with E-state index in [2.05, 4.69) is 10.3 Å². The lowest BCUT2D eigenvalue weighted by Gasteiger charge is -2.18. The molecule has 0 bridgehead atoms. The van der Waals surface area contributed by atoms with Gasteiger partial charge in [0.2, 0.25) is 0 Å². The van der Waals surface area contributed by atoms with Gasteiger partial charge in [-0.1, -0.05) is 42.5 Å². The van der Waals surface area contributed by atoms with Gasteiger partial charge in [-0.25, -0.2) is 13.6 Å². The highest BCUT2D eigenvalue weighted by atomic mass is 19.2. The standard InChI is InChI=1S/C20H14F2N2O2/c21-16-8-4-7-15(17(16)22)19-18(24-20(25)26-19)14-9-13(10-23-11-14)12-5-2-1-3-6-12/h1-11,18-19H,(H,24,25)/t18-,19-/m1/s1. The molecule has 0 radical (unpaired) electrons. The first-order valence-electron chi connectivity index (χ1n) is 8.05. The molecule has 0 aliphatic carbocycles. The molecule has 1 fully saturated rings. The molecule has 3 aromatic rings. The van der Waals surface area contributed by atoms with Crippen molar-refractivity contribution in [1.82, 2.24) is 10.3 Å². The van der Waals surface area contributed by atoms with E-state index >= 15 is 0 Å². The van der Waals surface area contributed by atoms with Crippen LogP contribution in [-0.4, -0.2) is 11.1 Å². The zero-order valence-corrected chi connectivity index (χ0v) is 13.5. The van der Waals surface area contributed by atoms with E-state index in [1.165, 1.54) is 12.1 Å². The first-order chi connectivity index (χ1) is 12.6. The third kappa shape index (κ3) is 2.90. The Morgan fingerprint density at radius 2 is 1.77 bits per heavy atom. The van der Waals surface area contributed by atoms with Crippen molar-refractivity contribution in [3.05, 3.63) is 89.8 Å². The molecule has 1 aliphatic heterocycles. The van der Waals surface area contributed by atoms with E-state index in [0.717, 1.165) is 17.2 Å². The molecule has 2 aromatic carbocycles. The molecule has 0 spiro atoms. The van der Waals surface area contributed by atoms with Crippen LogP contribution in [0.3, 0.4) is 0 Å². The number of benzene rings is 2. The molecular weight excluding hydrogens is 338 g/mol. The number of hydrogen-bond donors (Lipinski definition) is 1. The largest absolute Gasteiger partial charge is 0.439 e. The summed E-state index contributed by atoms with van der Waals surface area (Å²) >= 11 is 0. The van der Waals surface area contributed by atoms with Crippen molar-refractivity contribution in [2.75, 3.05) is 0 Å². The number of pyridine rings is 1. The number of rotatable bonds is 3. The lowest BCUT2D eigenvalue weighted by Crippen LogP contribution is -2.20. The van der Waals surface area contributed by atoms with E-state index in [0.29, 0.717) is 5.56 Å². The van der Waals surface area contributed by atoms with Gasteiger partial charge in [0.15, 0.2) is 17.7 Å². The maximum atomic E-state index is 14.2. The van der Waals surface area contributed by atoms with Gasteiger partial charge in [0.25, 0.3) is 0 Å². The second-order valence-corrected chi connectivity index (χ2v) is 5.96. The molecule has 6 heteroatoms. The van der Waals surface area contributed by atoms with Crippen LogP contribution in [0.4, 0.5) is 13.6 Å². The molecule has 2 heterocycles. The van der Waals surface area contributed by atoms with Gasteiger partial charge in [-0.3, -0.25) is 4.98 Å². The van der Waals surface area contributed by atoms with Gasteiger partial charge >= 0.3 is 6.09 Å². The summed E-state index contributed by atoms with van der Waals surface area (Å²) in [6.45, 7) is 0. The molecule has 4 nitrogen and oxygen atoms in total. The van der Waals surface area contributed by atoms with Crippen molar-refractivity contribution in [2.24, 2.45) is 0 Å². The first-order valence-corrected chi connectivity index (χ1v) is 8.05. The summed E-state index contributed by atoms with van der Waals surface area (Å²) in [6, 6.07) is 14.6. The number of amides is 1. The fourth-order valence-corrected chi connectivity index (χ4v) is 3.08. The molecule has 4 rings (SSSR count). The molecular formula is C20H14F2N2O2. The highest BCUT2D eigenvalue weighted by molar-refractivity contribution is 5.72. The summed E-state index contributed by atoms with van der Waals surface area (Å²) in [5.74, 6) is -2.01. The van der Waals surface area contributed by atoms with Crippen molar-refractivity contribution in [2.45, 2.75) is 12.1 Å². The average Bonchev–Trinajstić information content (AvgIpc) is 3.06. The topological polar surface area (TPSA) is 51.2 Å². The summed E-state index contributed by atoms with van der Waals surface area (Å²) < 4.78 is 33.0. The van der Waals surface area contributed by atoms with Crippen LogP contribution in [0.2, 0.25) is 0 Å². The van der Waals surface area contributed by atoms with Gasteiger partial charge in [0.1, 0.15) is 6.04 Å². The van der Waals surface area contributed by atoms with E-state index in [9.17, 15) is 13.6 Å². The van der Waals surface area contributed by atoms with Crippen molar-refractivity contribution in [3.63, 3.8) is 0 Å². The molecule has 130 valence electrons. The minimum atomic E-state index is -1.02. The van der Waals surface area contributed by atoms with Crippen molar-refractivity contribution < 1.29 is 18.3 Å². The molecule has 26 heavy (non-hydrogen) atoms. The fraction of sp³-hybridized carbons (Fsp3) is 0.100. The number of carbonyl (C=O) groups excluding carboxylic acids is 1. The minimum absolute atomic E-state index is 0.0153. The predicted molar refractivity (Wildman–Crippen MR) is 91.1 cm³/mol. The summed E-state index contributed by atoms with van der Waals surface area (Å²) in [5, 5.41) is 2.65. The Morgan fingerprint density at radius 1 is 0.962 bits per heavy atom. The van der Waals surface area contributed by atoms with Gasteiger partial charge in [-0.05, 0) is 23.3 Å². The Labute approximate surface area is 148 Å². The Hall–Kier alpha value is -3.28. The Kier molecular flexibility index (Phi) is 4.08. The summed E-state index contributed by atoms with van der Waals surface area (Å²) in [4.78, 5) is 16.0. The van der Waals surface area contributed by atoms with Crippen molar-refractivity contribution in [1.29, 1.82) is 0 Å². The second kappa shape index (κ2) is 6.55. The monoisotopic (exact) mass is 352 g/mol. The SMILES string of the molecule is O=C1N[C@H](c2cncc(-c3ccccc3)c2)[C@@H](c2cccc(F)c2F)O1. The molecule has 1 N–H and O–H groups in total. The lowest BCUT2D eigenvalue weighted by atomic mass is 9.95. The number of cyclic esters (lactones) is 1. The number of alkyl carbamates (subject to hydrolysis) is 1. The number of carbonyl (C=O) groups is 1. The van der Waals surface area contributed by atoms with Crippen LogP contribution in [-0.2, 0) is 4.74 Å². The third-order valence-electron chi connectivity index (χ3n) is 4.32. The maximum absolute atomic E-state index is 14.2. The Morgan fingerprint density at radius 3 is 2.58 bits per heavy atom. The zero-order valence-electron chi connectivity index (χ0n) is 13.5. The van der Waals surface area contributed by atoms with E-state index in [4.69, 9.17) is 4.74 Å². The lowest BCUT2D eigenvalue weighted by molar-refractivity contribution is 0.129. The van der Waals surface area contributed by atoms with Crippen LogP contribution in [0.25, 0.3) is 11.1 Å². The molecule has 1 saturated heterocycles. The molecule has 2 atom stereocenters. The van der Waals surface area contributed by atoms with Crippen LogP contribution in [0.5, 0.6) is 0 Å². The third-order valence-corrected chi connectivity index (χ3v) is 4.32.